The van der Waals surface area contributed by atoms with E-state index in [9.17, 15) is 4.39 Å². The summed E-state index contributed by atoms with van der Waals surface area (Å²) in [5.74, 6) is 1.15. The van der Waals surface area contributed by atoms with Crippen molar-refractivity contribution in [1.82, 2.24) is 15.2 Å². The molecule has 3 aromatic carbocycles. The summed E-state index contributed by atoms with van der Waals surface area (Å²) >= 11 is 1.34. The summed E-state index contributed by atoms with van der Waals surface area (Å²) in [4.78, 5) is 3.21. The molecule has 6 rings (SSSR count). The summed E-state index contributed by atoms with van der Waals surface area (Å²) in [6.45, 7) is 0.273. The van der Waals surface area contributed by atoms with Gasteiger partial charge in [0.1, 0.15) is 11.6 Å². The van der Waals surface area contributed by atoms with Crippen LogP contribution in [0.15, 0.2) is 82.6 Å². The zero-order valence-corrected chi connectivity index (χ0v) is 18.1. The van der Waals surface area contributed by atoms with Crippen LogP contribution in [0.25, 0.3) is 22.4 Å². The molecule has 0 saturated heterocycles. The molecule has 0 amide bonds. The van der Waals surface area contributed by atoms with Crippen molar-refractivity contribution >= 4 is 22.7 Å². The molecule has 0 radical (unpaired) electrons. The zero-order chi connectivity index (χ0) is 22.2. The number of H-pyrrole nitrogens is 1. The van der Waals surface area contributed by atoms with Crippen LogP contribution in [0.2, 0.25) is 0 Å². The molecule has 6 nitrogen and oxygen atoms in total. The normalized spacial score (nSPS) is 15.4. The monoisotopic (exact) mass is 459 g/mol. The Hall–Kier alpha value is -3.62. The second-order valence-corrected chi connectivity index (χ2v) is 8.56. The second kappa shape index (κ2) is 8.38. The van der Waals surface area contributed by atoms with Crippen molar-refractivity contribution in [3.63, 3.8) is 0 Å². The Bertz CT molecular complexity index is 1430. The highest BCUT2D eigenvalue weighted by Crippen LogP contribution is 2.39. The van der Waals surface area contributed by atoms with Crippen molar-refractivity contribution in [2.24, 2.45) is 0 Å². The van der Waals surface area contributed by atoms with Crippen LogP contribution in [0.3, 0.4) is 0 Å². The summed E-state index contributed by atoms with van der Waals surface area (Å²) in [5, 5.41) is 9.77. The van der Waals surface area contributed by atoms with Gasteiger partial charge in [-0.3, -0.25) is 0 Å². The number of para-hydroxylation sites is 1. The standard InChI is InChI=1S/C25H18FN3O3S/c26-18-10-16-13-30-24(15-6-2-1-3-7-15)31-22(16)17(11-18)14-33-25-29-28-23(32-25)20-12-27-21-9-5-4-8-19(20)21/h1-12,24,27H,13-14H2. The highest BCUT2D eigenvalue weighted by atomic mass is 32.2. The van der Waals surface area contributed by atoms with Crippen LogP contribution < -0.4 is 4.74 Å². The van der Waals surface area contributed by atoms with Crippen LogP contribution >= 0.6 is 11.8 Å². The Labute approximate surface area is 192 Å². The molecular formula is C25H18FN3O3S. The van der Waals surface area contributed by atoms with E-state index in [1.54, 1.807) is 0 Å². The Morgan fingerprint density at radius 1 is 1.03 bits per heavy atom. The highest BCUT2D eigenvalue weighted by molar-refractivity contribution is 7.98. The lowest BCUT2D eigenvalue weighted by molar-refractivity contribution is -0.112. The van der Waals surface area contributed by atoms with E-state index in [-0.39, 0.29) is 12.4 Å². The van der Waals surface area contributed by atoms with E-state index < -0.39 is 6.29 Å². The van der Waals surface area contributed by atoms with Crippen molar-refractivity contribution in [1.29, 1.82) is 0 Å². The van der Waals surface area contributed by atoms with E-state index in [1.165, 1.54) is 23.9 Å². The fraction of sp³-hybridized carbons (Fsp3) is 0.120. The van der Waals surface area contributed by atoms with Crippen LogP contribution in [0.4, 0.5) is 4.39 Å². The fourth-order valence-electron chi connectivity index (χ4n) is 3.92. The van der Waals surface area contributed by atoms with Crippen molar-refractivity contribution < 1.29 is 18.3 Å². The Morgan fingerprint density at radius 2 is 1.88 bits per heavy atom. The average molecular weight is 460 g/mol. The largest absolute Gasteiger partial charge is 0.460 e. The zero-order valence-electron chi connectivity index (χ0n) is 17.3. The van der Waals surface area contributed by atoms with Gasteiger partial charge in [0.15, 0.2) is 0 Å². The van der Waals surface area contributed by atoms with E-state index in [0.29, 0.717) is 33.7 Å². The number of benzene rings is 3. The summed E-state index contributed by atoms with van der Waals surface area (Å²) in [7, 11) is 0. The third-order valence-corrected chi connectivity index (χ3v) is 6.34. The number of rotatable bonds is 5. The maximum atomic E-state index is 14.3. The predicted octanol–water partition coefficient (Wildman–Crippen LogP) is 6.26. The van der Waals surface area contributed by atoms with Crippen LogP contribution in [-0.2, 0) is 17.1 Å². The molecule has 0 saturated carbocycles. The second-order valence-electron chi connectivity index (χ2n) is 7.63. The van der Waals surface area contributed by atoms with Crippen molar-refractivity contribution in [3.05, 3.63) is 95.4 Å². The maximum Gasteiger partial charge on any atom is 0.277 e. The molecule has 8 heteroatoms. The van der Waals surface area contributed by atoms with Gasteiger partial charge in [-0.2, -0.15) is 0 Å². The maximum absolute atomic E-state index is 14.3. The topological polar surface area (TPSA) is 73.2 Å². The molecule has 1 N–H and O–H groups in total. The first-order valence-electron chi connectivity index (χ1n) is 10.4. The summed E-state index contributed by atoms with van der Waals surface area (Å²) in [6.07, 6.45) is 1.32. The molecule has 0 aliphatic carbocycles. The first kappa shape index (κ1) is 20.0. The van der Waals surface area contributed by atoms with Gasteiger partial charge >= 0.3 is 0 Å². The van der Waals surface area contributed by atoms with Gasteiger partial charge in [-0.1, -0.05) is 60.3 Å². The third kappa shape index (κ3) is 3.88. The first-order valence-corrected chi connectivity index (χ1v) is 11.4. The smallest absolute Gasteiger partial charge is 0.277 e. The number of thioether (sulfide) groups is 1. The van der Waals surface area contributed by atoms with Crippen molar-refractivity contribution in [2.45, 2.75) is 23.9 Å². The number of nitrogens with zero attached hydrogens (tertiary/aromatic N) is 2. The van der Waals surface area contributed by atoms with Crippen LogP contribution in [-0.4, -0.2) is 15.2 Å². The van der Waals surface area contributed by atoms with Gasteiger partial charge < -0.3 is 18.9 Å². The molecule has 164 valence electrons. The molecule has 33 heavy (non-hydrogen) atoms. The van der Waals surface area contributed by atoms with Crippen molar-refractivity contribution in [2.75, 3.05) is 0 Å². The van der Waals surface area contributed by atoms with Crippen LogP contribution in [0.1, 0.15) is 23.0 Å². The molecule has 0 fully saturated rings. The first-order chi connectivity index (χ1) is 16.2. The van der Waals surface area contributed by atoms with Gasteiger partial charge in [0, 0.05) is 39.5 Å². The molecule has 2 aromatic heterocycles. The minimum absolute atomic E-state index is 0.273. The number of fused-ring (bicyclic) bond motifs is 2. The van der Waals surface area contributed by atoms with E-state index in [0.717, 1.165) is 22.0 Å². The van der Waals surface area contributed by atoms with E-state index >= 15 is 0 Å². The molecule has 1 aliphatic rings. The van der Waals surface area contributed by atoms with Crippen LogP contribution in [0, 0.1) is 5.82 Å². The van der Waals surface area contributed by atoms with Gasteiger partial charge in [0.2, 0.25) is 6.29 Å². The quantitative estimate of drug-likeness (QED) is 0.313. The average Bonchev–Trinajstić information content (AvgIpc) is 3.50. The summed E-state index contributed by atoms with van der Waals surface area (Å²) in [6, 6.07) is 20.5. The third-order valence-electron chi connectivity index (χ3n) is 5.47. The molecule has 1 aliphatic heterocycles. The lowest BCUT2D eigenvalue weighted by atomic mass is 10.1. The molecule has 3 heterocycles. The van der Waals surface area contributed by atoms with Crippen molar-refractivity contribution in [3.8, 4) is 17.2 Å². The van der Waals surface area contributed by atoms with E-state index in [4.69, 9.17) is 13.9 Å². The summed E-state index contributed by atoms with van der Waals surface area (Å²) in [5.41, 5.74) is 4.15. The Balaban J connectivity index is 1.23. The van der Waals surface area contributed by atoms with Gasteiger partial charge in [0.05, 0.1) is 12.2 Å². The predicted molar refractivity (Wildman–Crippen MR) is 122 cm³/mol. The molecule has 0 spiro atoms. The minimum Gasteiger partial charge on any atom is -0.460 e. The number of aromatic amines is 1. The molecule has 0 bridgehead atoms. The number of hydrogen-bond donors (Lipinski definition) is 1. The van der Waals surface area contributed by atoms with Gasteiger partial charge in [-0.25, -0.2) is 4.39 Å². The number of ether oxygens (including phenoxy) is 2. The van der Waals surface area contributed by atoms with Gasteiger partial charge in [-0.15, -0.1) is 10.2 Å². The lowest BCUT2D eigenvalue weighted by Crippen LogP contribution is -2.19. The molecular weight excluding hydrogens is 441 g/mol. The van der Waals surface area contributed by atoms with Crippen LogP contribution in [0.5, 0.6) is 5.75 Å². The van der Waals surface area contributed by atoms with E-state index in [2.05, 4.69) is 15.2 Å². The Kier molecular flexibility index (Phi) is 5.09. The number of nitrogens with one attached hydrogen (secondary N) is 1. The van der Waals surface area contributed by atoms with Gasteiger partial charge in [-0.05, 0) is 18.2 Å². The minimum atomic E-state index is -0.537. The number of halogens is 1. The van der Waals surface area contributed by atoms with E-state index in [1.807, 2.05) is 60.8 Å². The highest BCUT2D eigenvalue weighted by Gasteiger charge is 2.25. The Morgan fingerprint density at radius 3 is 2.79 bits per heavy atom. The SMILES string of the molecule is Fc1cc2c(c(CSc3nnc(-c4c[nH]c5ccccc45)o3)c1)OC(c1ccccc1)OC2. The van der Waals surface area contributed by atoms with Gasteiger partial charge in [0.25, 0.3) is 11.1 Å². The number of hydrogen-bond acceptors (Lipinski definition) is 6. The molecule has 5 aromatic rings. The lowest BCUT2D eigenvalue weighted by Gasteiger charge is -2.28. The molecule has 1 unspecified atom stereocenters. The summed E-state index contributed by atoms with van der Waals surface area (Å²) < 4.78 is 32.1. The fourth-order valence-corrected chi connectivity index (χ4v) is 4.65. The number of aromatic nitrogens is 3. The molecule has 1 atom stereocenters.